The molecule has 3 rings (SSSR count). The maximum Gasteiger partial charge on any atom is 0.250 e. The first-order valence-electron chi connectivity index (χ1n) is 6.99. The molecule has 2 fully saturated rings. The lowest BCUT2D eigenvalue weighted by Crippen LogP contribution is -2.55. The molecule has 5 nitrogen and oxygen atoms in total. The van der Waals surface area contributed by atoms with E-state index in [2.05, 4.69) is 5.32 Å². The molecule has 0 saturated carbocycles. The van der Waals surface area contributed by atoms with Crippen LogP contribution < -0.4 is 5.32 Å². The van der Waals surface area contributed by atoms with Crippen molar-refractivity contribution in [2.45, 2.75) is 25.0 Å². The lowest BCUT2D eigenvalue weighted by Gasteiger charge is -2.34. The molecule has 2 amide bonds. The molecule has 2 aliphatic rings. The number of rotatable bonds is 3. The van der Waals surface area contributed by atoms with E-state index in [4.69, 9.17) is 4.74 Å². The highest BCUT2D eigenvalue weighted by Crippen LogP contribution is 2.21. The van der Waals surface area contributed by atoms with Crippen LogP contribution in [0.25, 0.3) is 0 Å². The molecule has 0 spiro atoms. The third kappa shape index (κ3) is 2.67. The Morgan fingerprint density at radius 1 is 1.25 bits per heavy atom. The third-order valence-corrected chi connectivity index (χ3v) is 3.78. The van der Waals surface area contributed by atoms with Crippen LogP contribution in [0.5, 0.6) is 0 Å². The summed E-state index contributed by atoms with van der Waals surface area (Å²) >= 11 is 0. The van der Waals surface area contributed by atoms with Gasteiger partial charge in [0.15, 0.2) is 0 Å². The number of nitrogens with one attached hydrogen (secondary N) is 1. The van der Waals surface area contributed by atoms with Gasteiger partial charge in [-0.2, -0.15) is 0 Å². The number of nitrogens with zero attached hydrogens (tertiary/aromatic N) is 1. The van der Waals surface area contributed by atoms with Gasteiger partial charge in [-0.1, -0.05) is 30.3 Å². The molecule has 1 aromatic rings. The Morgan fingerprint density at radius 2 is 2.05 bits per heavy atom. The molecule has 0 aromatic heterocycles. The highest BCUT2D eigenvalue weighted by atomic mass is 16.5. The van der Waals surface area contributed by atoms with Crippen LogP contribution in [0.3, 0.4) is 0 Å². The van der Waals surface area contributed by atoms with Crippen molar-refractivity contribution < 1.29 is 14.3 Å². The van der Waals surface area contributed by atoms with Gasteiger partial charge in [0.2, 0.25) is 11.8 Å². The van der Waals surface area contributed by atoms with Crippen LogP contribution in [0.1, 0.15) is 24.4 Å². The fraction of sp³-hybridized carbons (Fsp3) is 0.467. The van der Waals surface area contributed by atoms with Crippen LogP contribution in [0.15, 0.2) is 30.3 Å². The molecule has 106 valence electrons. The first kappa shape index (κ1) is 13.1. The number of carbonyl (C=O) groups excluding carboxylic acids is 2. The minimum absolute atomic E-state index is 0.0497. The van der Waals surface area contributed by atoms with Gasteiger partial charge < -0.3 is 15.0 Å². The number of hydrogen-bond acceptors (Lipinski definition) is 3. The van der Waals surface area contributed by atoms with E-state index >= 15 is 0 Å². The fourth-order valence-electron chi connectivity index (χ4n) is 2.76. The summed E-state index contributed by atoms with van der Waals surface area (Å²) in [6.45, 7) is 1.39. The highest BCUT2D eigenvalue weighted by molar-refractivity contribution is 5.95. The van der Waals surface area contributed by atoms with E-state index in [-0.39, 0.29) is 24.5 Å². The van der Waals surface area contributed by atoms with Crippen molar-refractivity contribution in [3.8, 4) is 0 Å². The topological polar surface area (TPSA) is 58.6 Å². The Labute approximate surface area is 117 Å². The van der Waals surface area contributed by atoms with E-state index in [0.29, 0.717) is 6.54 Å². The number of piperazine rings is 1. The quantitative estimate of drug-likeness (QED) is 0.889. The number of ether oxygens (including phenoxy) is 1. The number of benzene rings is 1. The summed E-state index contributed by atoms with van der Waals surface area (Å²) in [4.78, 5) is 26.0. The number of amides is 2. The normalized spacial score (nSPS) is 26.7. The Morgan fingerprint density at radius 3 is 2.75 bits per heavy atom. The van der Waals surface area contributed by atoms with Gasteiger partial charge in [0.1, 0.15) is 6.04 Å². The standard InChI is InChI=1S/C15H18N2O3/c18-13-10-17(9-12-7-4-8-20-12)15(19)14(16-13)11-5-2-1-3-6-11/h1-3,5-6,12,14H,4,7-10H2,(H,16,18). The highest BCUT2D eigenvalue weighted by Gasteiger charge is 2.35. The number of carbonyl (C=O) groups is 2. The van der Waals surface area contributed by atoms with Crippen LogP contribution in [0.4, 0.5) is 0 Å². The molecule has 0 aliphatic carbocycles. The molecular weight excluding hydrogens is 256 g/mol. The van der Waals surface area contributed by atoms with Gasteiger partial charge in [-0.15, -0.1) is 0 Å². The Bertz CT molecular complexity index is 497. The molecule has 0 bridgehead atoms. The van der Waals surface area contributed by atoms with Crippen molar-refractivity contribution in [3.05, 3.63) is 35.9 Å². The van der Waals surface area contributed by atoms with E-state index in [1.807, 2.05) is 30.3 Å². The molecule has 0 radical (unpaired) electrons. The van der Waals surface area contributed by atoms with Gasteiger partial charge in [-0.3, -0.25) is 9.59 Å². The monoisotopic (exact) mass is 274 g/mol. The van der Waals surface area contributed by atoms with E-state index < -0.39 is 6.04 Å². The SMILES string of the molecule is O=C1CN(CC2CCCO2)C(=O)C(c2ccccc2)N1. The summed E-state index contributed by atoms with van der Waals surface area (Å²) < 4.78 is 5.55. The zero-order valence-corrected chi connectivity index (χ0v) is 11.2. The second-order valence-corrected chi connectivity index (χ2v) is 5.26. The molecule has 2 atom stereocenters. The average molecular weight is 274 g/mol. The van der Waals surface area contributed by atoms with Gasteiger partial charge in [0.05, 0.1) is 12.6 Å². The Kier molecular flexibility index (Phi) is 3.69. The third-order valence-electron chi connectivity index (χ3n) is 3.78. The largest absolute Gasteiger partial charge is 0.376 e. The Hall–Kier alpha value is -1.88. The maximum atomic E-state index is 12.5. The lowest BCUT2D eigenvalue weighted by molar-refractivity contribution is -0.145. The zero-order chi connectivity index (χ0) is 13.9. The smallest absolute Gasteiger partial charge is 0.250 e. The van der Waals surface area contributed by atoms with Crippen molar-refractivity contribution in [1.82, 2.24) is 10.2 Å². The molecule has 5 heteroatoms. The number of hydrogen-bond donors (Lipinski definition) is 1. The van der Waals surface area contributed by atoms with Crippen molar-refractivity contribution in [2.24, 2.45) is 0 Å². The van der Waals surface area contributed by atoms with Crippen LogP contribution in [-0.4, -0.2) is 42.5 Å². The van der Waals surface area contributed by atoms with E-state index in [9.17, 15) is 9.59 Å². The van der Waals surface area contributed by atoms with E-state index in [1.54, 1.807) is 4.90 Å². The second kappa shape index (κ2) is 5.63. The Balaban J connectivity index is 1.75. The predicted molar refractivity (Wildman–Crippen MR) is 72.9 cm³/mol. The van der Waals surface area contributed by atoms with Gasteiger partial charge >= 0.3 is 0 Å². The second-order valence-electron chi connectivity index (χ2n) is 5.26. The first-order chi connectivity index (χ1) is 9.74. The molecule has 2 saturated heterocycles. The van der Waals surface area contributed by atoms with Crippen LogP contribution >= 0.6 is 0 Å². The lowest BCUT2D eigenvalue weighted by atomic mass is 10.0. The van der Waals surface area contributed by atoms with Gasteiger partial charge in [0.25, 0.3) is 0 Å². The summed E-state index contributed by atoms with van der Waals surface area (Å²) in [5.74, 6) is -0.164. The average Bonchev–Trinajstić information content (AvgIpc) is 2.96. The zero-order valence-electron chi connectivity index (χ0n) is 11.2. The van der Waals surface area contributed by atoms with Crippen LogP contribution in [0, 0.1) is 0 Å². The van der Waals surface area contributed by atoms with E-state index in [1.165, 1.54) is 0 Å². The molecule has 2 heterocycles. The van der Waals surface area contributed by atoms with Crippen LogP contribution in [-0.2, 0) is 14.3 Å². The summed E-state index contributed by atoms with van der Waals surface area (Å²) in [5, 5.41) is 2.77. The summed E-state index contributed by atoms with van der Waals surface area (Å²) in [5.41, 5.74) is 0.822. The van der Waals surface area contributed by atoms with Crippen molar-refractivity contribution in [3.63, 3.8) is 0 Å². The molecule has 2 aliphatic heterocycles. The summed E-state index contributed by atoms with van der Waals surface area (Å²) in [6.07, 6.45) is 2.06. The van der Waals surface area contributed by atoms with E-state index in [0.717, 1.165) is 25.0 Å². The summed E-state index contributed by atoms with van der Waals surface area (Å²) in [7, 11) is 0. The van der Waals surface area contributed by atoms with Gasteiger partial charge in [-0.05, 0) is 18.4 Å². The fourth-order valence-corrected chi connectivity index (χ4v) is 2.76. The van der Waals surface area contributed by atoms with Gasteiger partial charge in [-0.25, -0.2) is 0 Å². The van der Waals surface area contributed by atoms with Crippen LogP contribution in [0.2, 0.25) is 0 Å². The first-order valence-corrected chi connectivity index (χ1v) is 6.99. The molecule has 2 unspecified atom stereocenters. The van der Waals surface area contributed by atoms with Gasteiger partial charge in [0, 0.05) is 13.2 Å². The molecule has 20 heavy (non-hydrogen) atoms. The minimum Gasteiger partial charge on any atom is -0.376 e. The molecule has 1 aromatic carbocycles. The summed E-state index contributed by atoms with van der Waals surface area (Å²) in [6, 6.07) is 8.78. The predicted octanol–water partition coefficient (Wildman–Crippen LogP) is 0.865. The van der Waals surface area contributed by atoms with Crippen molar-refractivity contribution in [2.75, 3.05) is 19.7 Å². The van der Waals surface area contributed by atoms with Crippen molar-refractivity contribution in [1.29, 1.82) is 0 Å². The van der Waals surface area contributed by atoms with Crippen molar-refractivity contribution >= 4 is 11.8 Å². The molecule has 1 N–H and O–H groups in total. The maximum absolute atomic E-state index is 12.5. The minimum atomic E-state index is -0.571. The molecular formula is C15H18N2O3.